The molecule has 0 radical (unpaired) electrons. The number of rotatable bonds is 7. The molecule has 2 atom stereocenters. The minimum absolute atomic E-state index is 0.0712. The molecule has 5 rings (SSSR count). The van der Waals surface area contributed by atoms with Gasteiger partial charge >= 0.3 is 5.97 Å². The summed E-state index contributed by atoms with van der Waals surface area (Å²) in [4.78, 5) is 18.3. The van der Waals surface area contributed by atoms with Gasteiger partial charge in [0.2, 0.25) is 0 Å². The fourth-order valence-electron chi connectivity index (χ4n) is 4.42. The lowest BCUT2D eigenvalue weighted by molar-refractivity contribution is 0.0697. The molecule has 0 amide bonds. The Labute approximate surface area is 214 Å². The van der Waals surface area contributed by atoms with Crippen molar-refractivity contribution >= 4 is 29.0 Å². The monoisotopic (exact) mass is 499 g/mol. The summed E-state index contributed by atoms with van der Waals surface area (Å²) in [5, 5.41) is 13.6. The Morgan fingerprint density at radius 2 is 1.81 bits per heavy atom. The largest absolute Gasteiger partial charge is 0.491 e. The van der Waals surface area contributed by atoms with E-state index in [9.17, 15) is 9.90 Å². The van der Waals surface area contributed by atoms with Gasteiger partial charge in [0.25, 0.3) is 0 Å². The zero-order valence-corrected chi connectivity index (χ0v) is 20.6. The van der Waals surface area contributed by atoms with E-state index < -0.39 is 5.97 Å². The minimum atomic E-state index is -1.01. The molecular weight excluding hydrogens is 474 g/mol. The quantitative estimate of drug-likeness (QED) is 0.299. The van der Waals surface area contributed by atoms with E-state index >= 15 is 0 Å². The van der Waals surface area contributed by atoms with Gasteiger partial charge in [-0.3, -0.25) is 4.98 Å². The number of hydrogen-bond acceptors (Lipinski definition) is 5. The first kappa shape index (κ1) is 23.6. The second-order valence-electron chi connectivity index (χ2n) is 8.71. The van der Waals surface area contributed by atoms with Crippen molar-refractivity contribution in [1.29, 1.82) is 0 Å². The maximum atomic E-state index is 11.8. The zero-order valence-electron chi connectivity index (χ0n) is 19.8. The molecule has 182 valence electrons. The number of nitrogens with zero attached hydrogens (tertiary/aromatic N) is 2. The van der Waals surface area contributed by atoms with E-state index in [2.05, 4.69) is 10.3 Å². The Morgan fingerprint density at radius 1 is 1.06 bits per heavy atom. The molecule has 2 aromatic heterocycles. The highest BCUT2D eigenvalue weighted by Crippen LogP contribution is 2.43. The van der Waals surface area contributed by atoms with Gasteiger partial charge in [0.1, 0.15) is 23.3 Å². The van der Waals surface area contributed by atoms with Crippen LogP contribution in [0.5, 0.6) is 5.75 Å². The third-order valence-corrected chi connectivity index (χ3v) is 6.24. The van der Waals surface area contributed by atoms with E-state index in [0.717, 1.165) is 17.1 Å². The molecule has 1 aliphatic heterocycles. The number of aromatic carboxylic acids is 1. The van der Waals surface area contributed by atoms with Gasteiger partial charge in [0.15, 0.2) is 5.11 Å². The molecule has 1 aliphatic rings. The normalized spacial score (nSPS) is 17.3. The number of ether oxygens (including phenoxy) is 1. The summed E-state index contributed by atoms with van der Waals surface area (Å²) in [5.41, 5.74) is 2.38. The predicted molar refractivity (Wildman–Crippen MR) is 141 cm³/mol. The van der Waals surface area contributed by atoms with Gasteiger partial charge in [0.05, 0.1) is 23.4 Å². The van der Waals surface area contributed by atoms with Crippen LogP contribution in [0.25, 0.3) is 11.3 Å². The summed E-state index contributed by atoms with van der Waals surface area (Å²) in [7, 11) is 0. The van der Waals surface area contributed by atoms with Crippen LogP contribution in [0.3, 0.4) is 0 Å². The number of carboxylic acid groups (broad SMARTS) is 1. The number of nitrogens with one attached hydrogen (secondary N) is 1. The van der Waals surface area contributed by atoms with Crippen LogP contribution in [0, 0.1) is 0 Å². The van der Waals surface area contributed by atoms with E-state index in [1.54, 1.807) is 36.5 Å². The zero-order chi connectivity index (χ0) is 25.2. The molecule has 1 fully saturated rings. The van der Waals surface area contributed by atoms with Gasteiger partial charge < -0.3 is 24.5 Å². The lowest BCUT2D eigenvalue weighted by Crippen LogP contribution is -2.29. The molecule has 36 heavy (non-hydrogen) atoms. The number of anilines is 1. The molecule has 0 aliphatic carbocycles. The second-order valence-corrected chi connectivity index (χ2v) is 9.10. The molecule has 2 N–H and O–H groups in total. The van der Waals surface area contributed by atoms with Gasteiger partial charge in [-0.2, -0.15) is 0 Å². The highest BCUT2D eigenvalue weighted by atomic mass is 32.1. The van der Waals surface area contributed by atoms with E-state index in [1.165, 1.54) is 0 Å². The van der Waals surface area contributed by atoms with E-state index in [1.807, 2.05) is 67.3 Å². The van der Waals surface area contributed by atoms with Crippen LogP contribution in [0.1, 0.15) is 47.7 Å². The molecule has 8 heteroatoms. The highest BCUT2D eigenvalue weighted by molar-refractivity contribution is 7.80. The molecule has 0 saturated carbocycles. The SMILES string of the molecule is CC(C)Oc1ccc(N2C(=S)N[C@H](c3ccccn3)[C@@H]2c2ccc(-c3ccccc3C(=O)O)o2)cc1. The molecule has 7 nitrogen and oxygen atoms in total. The van der Waals surface area contributed by atoms with Crippen LogP contribution in [-0.4, -0.2) is 27.3 Å². The Morgan fingerprint density at radius 3 is 2.50 bits per heavy atom. The maximum absolute atomic E-state index is 11.8. The van der Waals surface area contributed by atoms with Gasteiger partial charge in [-0.1, -0.05) is 24.3 Å². The molecule has 4 aromatic rings. The van der Waals surface area contributed by atoms with Crippen LogP contribution in [0.4, 0.5) is 5.69 Å². The lowest BCUT2D eigenvalue weighted by Gasteiger charge is -2.26. The van der Waals surface area contributed by atoms with Crippen molar-refractivity contribution in [2.45, 2.75) is 32.0 Å². The van der Waals surface area contributed by atoms with Gasteiger partial charge in [-0.15, -0.1) is 0 Å². The van der Waals surface area contributed by atoms with E-state index in [0.29, 0.717) is 22.2 Å². The topological polar surface area (TPSA) is 87.8 Å². The number of hydrogen-bond donors (Lipinski definition) is 2. The number of carboxylic acids is 1. The molecular formula is C28H25N3O4S. The maximum Gasteiger partial charge on any atom is 0.336 e. The number of thiocarbonyl (C=S) groups is 1. The molecule has 1 saturated heterocycles. The van der Waals surface area contributed by atoms with Crippen LogP contribution >= 0.6 is 12.2 Å². The summed E-state index contributed by atoms with van der Waals surface area (Å²) in [5.74, 6) is 0.871. The second kappa shape index (κ2) is 9.83. The van der Waals surface area contributed by atoms with Crippen LogP contribution in [-0.2, 0) is 0 Å². The average Bonchev–Trinajstić information content (AvgIpc) is 3.49. The summed E-state index contributed by atoms with van der Waals surface area (Å²) in [6.45, 7) is 3.97. The first-order valence-electron chi connectivity index (χ1n) is 11.6. The summed E-state index contributed by atoms with van der Waals surface area (Å²) in [6, 6.07) is 23.3. The smallest absolute Gasteiger partial charge is 0.336 e. The van der Waals surface area contributed by atoms with Crippen LogP contribution < -0.4 is 15.0 Å². The van der Waals surface area contributed by atoms with Gasteiger partial charge in [-0.25, -0.2) is 4.79 Å². The Bertz CT molecular complexity index is 1390. The summed E-state index contributed by atoms with van der Waals surface area (Å²) < 4.78 is 12.1. The number of carbonyl (C=O) groups is 1. The van der Waals surface area contributed by atoms with Crippen molar-refractivity contribution in [3.05, 3.63) is 102 Å². The standard InChI is InChI=1S/C28H25N3O4S/c1-17(2)34-19-12-10-18(11-13-19)31-26(25(30-28(31)36)22-9-5-6-16-29-22)24-15-14-23(35-24)20-7-3-4-8-21(20)27(32)33/h3-17,25-26H,1-2H3,(H,30,36)(H,32,33)/t25-,26+/m1/s1. The molecule has 2 aromatic carbocycles. The van der Waals surface area contributed by atoms with Crippen molar-refractivity contribution in [2.75, 3.05) is 4.90 Å². The average molecular weight is 500 g/mol. The van der Waals surface area contributed by atoms with E-state index in [4.69, 9.17) is 21.4 Å². The predicted octanol–water partition coefficient (Wildman–Crippen LogP) is 6.00. The third-order valence-electron chi connectivity index (χ3n) is 5.93. The Hall–Kier alpha value is -4.17. The number of aromatic nitrogens is 1. The number of furan rings is 1. The fraction of sp³-hybridized carbons (Fsp3) is 0.179. The van der Waals surface area contributed by atoms with Gasteiger partial charge in [0, 0.05) is 17.4 Å². The molecule has 3 heterocycles. The van der Waals surface area contributed by atoms with E-state index in [-0.39, 0.29) is 23.8 Å². The Kier molecular flexibility index (Phi) is 6.43. The molecule has 0 unspecified atom stereocenters. The van der Waals surface area contributed by atoms with Gasteiger partial charge in [-0.05, 0) is 80.7 Å². The fourth-order valence-corrected chi connectivity index (χ4v) is 4.77. The molecule has 0 spiro atoms. The first-order valence-corrected chi connectivity index (χ1v) is 12.0. The van der Waals surface area contributed by atoms with Crippen molar-refractivity contribution in [2.24, 2.45) is 0 Å². The summed E-state index contributed by atoms with van der Waals surface area (Å²) in [6.07, 6.45) is 1.82. The third kappa shape index (κ3) is 4.55. The van der Waals surface area contributed by atoms with Crippen molar-refractivity contribution in [3.63, 3.8) is 0 Å². The van der Waals surface area contributed by atoms with Crippen molar-refractivity contribution in [3.8, 4) is 17.1 Å². The first-order chi connectivity index (χ1) is 17.4. The summed E-state index contributed by atoms with van der Waals surface area (Å²) >= 11 is 5.77. The van der Waals surface area contributed by atoms with Crippen LogP contribution in [0.15, 0.2) is 89.5 Å². The van der Waals surface area contributed by atoms with Crippen molar-refractivity contribution in [1.82, 2.24) is 10.3 Å². The highest BCUT2D eigenvalue weighted by Gasteiger charge is 2.42. The number of benzene rings is 2. The number of pyridine rings is 1. The van der Waals surface area contributed by atoms with Crippen LogP contribution in [0.2, 0.25) is 0 Å². The molecule has 0 bridgehead atoms. The Balaban J connectivity index is 1.57. The lowest BCUT2D eigenvalue weighted by atomic mass is 10.0. The minimum Gasteiger partial charge on any atom is -0.491 e. The van der Waals surface area contributed by atoms with Crippen molar-refractivity contribution < 1.29 is 19.1 Å².